The molecule has 0 aliphatic heterocycles. The maximum absolute atomic E-state index is 11.9. The lowest BCUT2D eigenvalue weighted by Crippen LogP contribution is -2.14. The Morgan fingerprint density at radius 1 is 1.35 bits per heavy atom. The van der Waals surface area contributed by atoms with Gasteiger partial charge in [-0.2, -0.15) is 0 Å². The molecule has 0 fully saturated rings. The summed E-state index contributed by atoms with van der Waals surface area (Å²) >= 11 is 0. The van der Waals surface area contributed by atoms with Gasteiger partial charge in [0.15, 0.2) is 5.82 Å². The molecule has 0 saturated heterocycles. The maximum Gasteiger partial charge on any atom is 0.338 e. The Hall–Kier alpha value is -2.83. The highest BCUT2D eigenvalue weighted by molar-refractivity contribution is 6.05. The average Bonchev–Trinajstić information content (AvgIpc) is 2.86. The number of benzene rings is 1. The standard InChI is InChI=1S/C13H14N4O3/c1-2-20-13(19)8-3-5-9(6-4-8)17-12(18)10-11(14)16-7-15-10/h3-7H,2,14H2,1H3,(H,15,16)(H,17,18). The minimum absolute atomic E-state index is 0.130. The van der Waals surface area contributed by atoms with Crippen molar-refractivity contribution in [2.75, 3.05) is 17.7 Å². The van der Waals surface area contributed by atoms with Crippen LogP contribution in [0, 0.1) is 0 Å². The summed E-state index contributed by atoms with van der Waals surface area (Å²) in [6.07, 6.45) is 1.34. The van der Waals surface area contributed by atoms with Gasteiger partial charge in [0.05, 0.1) is 18.5 Å². The van der Waals surface area contributed by atoms with Gasteiger partial charge in [0.25, 0.3) is 5.91 Å². The Bertz CT molecular complexity index is 619. The lowest BCUT2D eigenvalue weighted by atomic mass is 10.2. The maximum atomic E-state index is 11.9. The number of H-pyrrole nitrogens is 1. The lowest BCUT2D eigenvalue weighted by molar-refractivity contribution is 0.0526. The number of nitrogens with two attached hydrogens (primary N) is 1. The number of carbonyl (C=O) groups excluding carboxylic acids is 2. The molecule has 1 aromatic heterocycles. The van der Waals surface area contributed by atoms with Crippen molar-refractivity contribution < 1.29 is 14.3 Å². The first kappa shape index (κ1) is 13.6. The summed E-state index contributed by atoms with van der Waals surface area (Å²) < 4.78 is 4.87. The highest BCUT2D eigenvalue weighted by Crippen LogP contribution is 2.13. The Morgan fingerprint density at radius 3 is 2.60 bits per heavy atom. The molecule has 1 aromatic carbocycles. The molecule has 0 bridgehead atoms. The first-order valence-corrected chi connectivity index (χ1v) is 5.99. The highest BCUT2D eigenvalue weighted by atomic mass is 16.5. The molecule has 4 N–H and O–H groups in total. The van der Waals surface area contributed by atoms with E-state index in [2.05, 4.69) is 15.3 Å². The third kappa shape index (κ3) is 2.94. The van der Waals surface area contributed by atoms with Gasteiger partial charge in [-0.05, 0) is 31.2 Å². The van der Waals surface area contributed by atoms with Crippen LogP contribution < -0.4 is 11.1 Å². The van der Waals surface area contributed by atoms with Crippen molar-refractivity contribution in [1.29, 1.82) is 0 Å². The van der Waals surface area contributed by atoms with Crippen molar-refractivity contribution in [3.63, 3.8) is 0 Å². The molecule has 1 amide bonds. The van der Waals surface area contributed by atoms with Crippen LogP contribution in [-0.4, -0.2) is 28.5 Å². The van der Waals surface area contributed by atoms with E-state index in [1.807, 2.05) is 0 Å². The van der Waals surface area contributed by atoms with Gasteiger partial charge in [-0.25, -0.2) is 9.78 Å². The van der Waals surface area contributed by atoms with Gasteiger partial charge < -0.3 is 20.8 Å². The molecule has 104 valence electrons. The SMILES string of the molecule is CCOC(=O)c1ccc(NC(=O)c2[nH]cnc2N)cc1. The Balaban J connectivity index is 2.06. The fraction of sp³-hybridized carbons (Fsp3) is 0.154. The van der Waals surface area contributed by atoms with Gasteiger partial charge >= 0.3 is 5.97 Å². The number of carbonyl (C=O) groups is 2. The number of nitrogen functional groups attached to an aromatic ring is 1. The minimum Gasteiger partial charge on any atom is -0.462 e. The number of hydrogen-bond acceptors (Lipinski definition) is 5. The van der Waals surface area contributed by atoms with Gasteiger partial charge in [-0.3, -0.25) is 4.79 Å². The Kier molecular flexibility index (Phi) is 3.99. The summed E-state index contributed by atoms with van der Waals surface area (Å²) in [5, 5.41) is 2.64. The van der Waals surface area contributed by atoms with Crippen LogP contribution in [0.25, 0.3) is 0 Å². The summed E-state index contributed by atoms with van der Waals surface area (Å²) in [5.41, 5.74) is 6.68. The normalized spacial score (nSPS) is 10.1. The molecule has 2 aromatic rings. The number of hydrogen-bond donors (Lipinski definition) is 3. The molecule has 0 spiro atoms. The second-order valence-corrected chi connectivity index (χ2v) is 3.91. The number of ether oxygens (including phenoxy) is 1. The Morgan fingerprint density at radius 2 is 2.05 bits per heavy atom. The number of nitrogens with one attached hydrogen (secondary N) is 2. The Labute approximate surface area is 115 Å². The molecular formula is C13H14N4O3. The zero-order chi connectivity index (χ0) is 14.5. The second kappa shape index (κ2) is 5.87. The van der Waals surface area contributed by atoms with Crippen molar-refractivity contribution in [3.05, 3.63) is 41.9 Å². The van der Waals surface area contributed by atoms with Crippen molar-refractivity contribution in [2.45, 2.75) is 6.92 Å². The van der Waals surface area contributed by atoms with Crippen molar-refractivity contribution in [3.8, 4) is 0 Å². The summed E-state index contributed by atoms with van der Waals surface area (Å²) in [6.45, 7) is 2.05. The van der Waals surface area contributed by atoms with E-state index in [9.17, 15) is 9.59 Å². The third-order valence-corrected chi connectivity index (χ3v) is 2.55. The van der Waals surface area contributed by atoms with E-state index in [-0.39, 0.29) is 11.5 Å². The smallest absolute Gasteiger partial charge is 0.338 e. The zero-order valence-corrected chi connectivity index (χ0v) is 10.8. The van der Waals surface area contributed by atoms with Crippen molar-refractivity contribution >= 4 is 23.4 Å². The quantitative estimate of drug-likeness (QED) is 0.730. The molecule has 0 aliphatic rings. The molecule has 20 heavy (non-hydrogen) atoms. The van der Waals surface area contributed by atoms with Crippen LogP contribution in [0.2, 0.25) is 0 Å². The molecule has 0 radical (unpaired) electrons. The van der Waals surface area contributed by atoms with Gasteiger partial charge in [0, 0.05) is 5.69 Å². The van der Waals surface area contributed by atoms with Gasteiger partial charge in [-0.15, -0.1) is 0 Å². The van der Waals surface area contributed by atoms with Crippen molar-refractivity contribution in [1.82, 2.24) is 9.97 Å². The number of imidazole rings is 1. The lowest BCUT2D eigenvalue weighted by Gasteiger charge is -2.05. The number of aromatic nitrogens is 2. The van der Waals surface area contributed by atoms with Crippen LogP contribution in [0.4, 0.5) is 11.5 Å². The number of nitrogens with zero attached hydrogens (tertiary/aromatic N) is 1. The van der Waals surface area contributed by atoms with Crippen LogP contribution >= 0.6 is 0 Å². The molecule has 2 rings (SSSR count). The van der Waals surface area contributed by atoms with E-state index in [0.29, 0.717) is 17.9 Å². The first-order chi connectivity index (χ1) is 9.61. The minimum atomic E-state index is -0.400. The summed E-state index contributed by atoms with van der Waals surface area (Å²) in [6, 6.07) is 6.36. The molecule has 0 unspecified atom stereocenters. The fourth-order valence-corrected chi connectivity index (χ4v) is 1.58. The monoisotopic (exact) mass is 274 g/mol. The van der Waals surface area contributed by atoms with E-state index in [4.69, 9.17) is 10.5 Å². The number of esters is 1. The van der Waals surface area contributed by atoms with E-state index in [1.54, 1.807) is 31.2 Å². The van der Waals surface area contributed by atoms with E-state index in [0.717, 1.165) is 0 Å². The first-order valence-electron chi connectivity index (χ1n) is 5.99. The van der Waals surface area contributed by atoms with Gasteiger partial charge in [-0.1, -0.05) is 0 Å². The molecule has 7 nitrogen and oxygen atoms in total. The number of amides is 1. The van der Waals surface area contributed by atoms with E-state index < -0.39 is 11.9 Å². The number of anilines is 2. The third-order valence-electron chi connectivity index (χ3n) is 2.55. The summed E-state index contributed by atoms with van der Waals surface area (Å²) in [4.78, 5) is 29.7. The second-order valence-electron chi connectivity index (χ2n) is 3.91. The predicted octanol–water partition coefficient (Wildman–Crippen LogP) is 1.42. The van der Waals surface area contributed by atoms with E-state index in [1.165, 1.54) is 6.33 Å². The van der Waals surface area contributed by atoms with Crippen LogP contribution in [0.1, 0.15) is 27.8 Å². The largest absolute Gasteiger partial charge is 0.462 e. The fourth-order valence-electron chi connectivity index (χ4n) is 1.58. The van der Waals surface area contributed by atoms with Crippen LogP contribution in [0.3, 0.4) is 0 Å². The topological polar surface area (TPSA) is 110 Å². The van der Waals surface area contributed by atoms with Crippen LogP contribution in [-0.2, 0) is 4.74 Å². The molecular weight excluding hydrogens is 260 g/mol. The van der Waals surface area contributed by atoms with Crippen LogP contribution in [0.5, 0.6) is 0 Å². The van der Waals surface area contributed by atoms with Crippen molar-refractivity contribution in [2.24, 2.45) is 0 Å². The molecule has 1 heterocycles. The number of rotatable bonds is 4. The molecule has 7 heteroatoms. The number of aromatic amines is 1. The van der Waals surface area contributed by atoms with E-state index >= 15 is 0 Å². The zero-order valence-electron chi connectivity index (χ0n) is 10.8. The van der Waals surface area contributed by atoms with Crippen LogP contribution in [0.15, 0.2) is 30.6 Å². The predicted molar refractivity (Wildman–Crippen MR) is 73.4 cm³/mol. The summed E-state index contributed by atoms with van der Waals surface area (Å²) in [5.74, 6) is -0.669. The molecule has 0 atom stereocenters. The summed E-state index contributed by atoms with van der Waals surface area (Å²) in [7, 11) is 0. The molecule has 0 aliphatic carbocycles. The van der Waals surface area contributed by atoms with Gasteiger partial charge in [0.1, 0.15) is 5.69 Å². The van der Waals surface area contributed by atoms with Gasteiger partial charge in [0.2, 0.25) is 0 Å². The highest BCUT2D eigenvalue weighted by Gasteiger charge is 2.12. The molecule has 0 saturated carbocycles. The average molecular weight is 274 g/mol.